The van der Waals surface area contributed by atoms with E-state index < -0.39 is 22.0 Å². The fraction of sp³-hybridized carbons (Fsp3) is 0.240. The van der Waals surface area contributed by atoms with Crippen LogP contribution in [0, 0.1) is 6.92 Å². The van der Waals surface area contributed by atoms with Crippen LogP contribution in [0.5, 0.6) is 11.5 Å². The molecule has 4 rings (SSSR count). The molecule has 0 spiro atoms. The average Bonchev–Trinajstić information content (AvgIpc) is 2.83. The van der Waals surface area contributed by atoms with E-state index >= 15 is 0 Å². The first-order valence-electron chi connectivity index (χ1n) is 10.7. The Hall–Kier alpha value is -3.23. The third-order valence-electron chi connectivity index (χ3n) is 5.66. The van der Waals surface area contributed by atoms with Gasteiger partial charge in [0, 0.05) is 10.6 Å². The first-order chi connectivity index (χ1) is 16.2. The number of hydrogen-bond donors (Lipinski definition) is 1. The largest absolute Gasteiger partial charge is 0.496 e. The normalized spacial score (nSPS) is 16.2. The number of benzene rings is 3. The first-order valence-corrected chi connectivity index (χ1v) is 12.5. The number of fused-ring (bicyclic) bond motifs is 1. The summed E-state index contributed by atoms with van der Waals surface area (Å²) in [6, 6.07) is 18.2. The lowest BCUT2D eigenvalue weighted by Crippen LogP contribution is -2.51. The molecule has 0 aliphatic carbocycles. The van der Waals surface area contributed by atoms with Crippen molar-refractivity contribution in [2.75, 3.05) is 18.0 Å². The standard InChI is InChI=1S/C25H25ClN2O5S/c1-16-8-11-19(12-9-16)34(30,31)28-15-24(33-23-13-10-18(26)14-21(23)28)25(29)27-17(2)20-6-4-5-7-22(20)32-3/h4-14,17,24H,15H2,1-3H3,(H,27,29)/t17-,24-/m1/s1. The van der Waals surface area contributed by atoms with Gasteiger partial charge in [0.25, 0.3) is 15.9 Å². The van der Waals surface area contributed by atoms with Crippen LogP contribution in [0.15, 0.2) is 71.6 Å². The summed E-state index contributed by atoms with van der Waals surface area (Å²) in [5, 5.41) is 3.27. The van der Waals surface area contributed by atoms with E-state index in [1.54, 1.807) is 43.5 Å². The maximum Gasteiger partial charge on any atom is 0.264 e. The van der Waals surface area contributed by atoms with Crippen molar-refractivity contribution < 1.29 is 22.7 Å². The smallest absolute Gasteiger partial charge is 0.264 e. The number of halogens is 1. The molecule has 1 aliphatic rings. The Labute approximate surface area is 204 Å². The van der Waals surface area contributed by atoms with Gasteiger partial charge in [-0.2, -0.15) is 0 Å². The van der Waals surface area contributed by atoms with Gasteiger partial charge in [0.2, 0.25) is 0 Å². The molecule has 1 aliphatic heterocycles. The highest BCUT2D eigenvalue weighted by Crippen LogP contribution is 2.39. The molecule has 178 valence electrons. The number of carbonyl (C=O) groups excluding carboxylic acids is 1. The van der Waals surface area contributed by atoms with Gasteiger partial charge in [-0.3, -0.25) is 9.10 Å². The lowest BCUT2D eigenvalue weighted by molar-refractivity contribution is -0.128. The number of aryl methyl sites for hydroxylation is 1. The molecule has 0 saturated carbocycles. The van der Waals surface area contributed by atoms with Crippen LogP contribution in [0.25, 0.3) is 0 Å². The van der Waals surface area contributed by atoms with Crippen LogP contribution in [0.1, 0.15) is 24.1 Å². The van der Waals surface area contributed by atoms with Crippen molar-refractivity contribution in [1.82, 2.24) is 5.32 Å². The molecular formula is C25H25ClN2O5S. The lowest BCUT2D eigenvalue weighted by atomic mass is 10.1. The van der Waals surface area contributed by atoms with Gasteiger partial charge in [0.05, 0.1) is 30.3 Å². The number of methoxy groups -OCH3 is 1. The second kappa shape index (κ2) is 9.56. The fourth-order valence-electron chi connectivity index (χ4n) is 3.83. The van der Waals surface area contributed by atoms with Crippen molar-refractivity contribution >= 4 is 33.2 Å². The van der Waals surface area contributed by atoms with Gasteiger partial charge < -0.3 is 14.8 Å². The monoisotopic (exact) mass is 500 g/mol. The summed E-state index contributed by atoms with van der Waals surface area (Å²) < 4.78 is 39.6. The molecule has 1 heterocycles. The third kappa shape index (κ3) is 4.69. The number of hydrogen-bond acceptors (Lipinski definition) is 5. The van der Waals surface area contributed by atoms with Crippen LogP contribution in [0.4, 0.5) is 5.69 Å². The van der Waals surface area contributed by atoms with E-state index in [1.807, 2.05) is 38.1 Å². The number of rotatable bonds is 6. The summed E-state index contributed by atoms with van der Waals surface area (Å²) in [5.41, 5.74) is 2.02. The van der Waals surface area contributed by atoms with Gasteiger partial charge in [-0.15, -0.1) is 0 Å². The van der Waals surface area contributed by atoms with Crippen LogP contribution < -0.4 is 19.1 Å². The SMILES string of the molecule is COc1ccccc1[C@@H](C)NC(=O)[C@H]1CN(S(=O)(=O)c2ccc(C)cc2)c2cc(Cl)ccc2O1. The molecule has 1 amide bonds. The van der Waals surface area contributed by atoms with Crippen molar-refractivity contribution in [2.24, 2.45) is 0 Å². The molecule has 34 heavy (non-hydrogen) atoms. The fourth-order valence-corrected chi connectivity index (χ4v) is 5.47. The zero-order valence-electron chi connectivity index (χ0n) is 19.0. The number of ether oxygens (including phenoxy) is 2. The van der Waals surface area contributed by atoms with E-state index in [0.717, 1.165) is 11.1 Å². The molecule has 0 saturated heterocycles. The van der Waals surface area contributed by atoms with Crippen molar-refractivity contribution in [3.05, 3.63) is 82.9 Å². The lowest BCUT2D eigenvalue weighted by Gasteiger charge is -2.35. The highest BCUT2D eigenvalue weighted by Gasteiger charge is 2.38. The minimum absolute atomic E-state index is 0.118. The van der Waals surface area contributed by atoms with Crippen molar-refractivity contribution in [2.45, 2.75) is 30.9 Å². The number of anilines is 1. The van der Waals surface area contributed by atoms with E-state index in [2.05, 4.69) is 5.32 Å². The molecule has 3 aromatic rings. The second-order valence-electron chi connectivity index (χ2n) is 8.04. The number of carbonyl (C=O) groups is 1. The minimum atomic E-state index is -3.97. The number of nitrogens with zero attached hydrogens (tertiary/aromatic N) is 1. The average molecular weight is 501 g/mol. The Bertz CT molecular complexity index is 1310. The predicted octanol–water partition coefficient (Wildman–Crippen LogP) is 4.49. The van der Waals surface area contributed by atoms with Gasteiger partial charge in [0.1, 0.15) is 11.5 Å². The highest BCUT2D eigenvalue weighted by atomic mass is 35.5. The molecule has 0 unspecified atom stereocenters. The Morgan fingerprint density at radius 1 is 1.15 bits per heavy atom. The predicted molar refractivity (Wildman–Crippen MR) is 131 cm³/mol. The summed E-state index contributed by atoms with van der Waals surface area (Å²) in [4.78, 5) is 13.3. The van der Waals surface area contributed by atoms with Gasteiger partial charge in [0.15, 0.2) is 6.10 Å². The second-order valence-corrected chi connectivity index (χ2v) is 10.3. The molecule has 0 aromatic heterocycles. The summed E-state index contributed by atoms with van der Waals surface area (Å²) in [7, 11) is -2.41. The Kier molecular flexibility index (Phi) is 6.72. The van der Waals surface area contributed by atoms with E-state index in [1.165, 1.54) is 10.4 Å². The molecule has 0 fully saturated rings. The van der Waals surface area contributed by atoms with Crippen molar-refractivity contribution in [3.8, 4) is 11.5 Å². The Morgan fingerprint density at radius 3 is 2.56 bits per heavy atom. The van der Waals surface area contributed by atoms with Crippen molar-refractivity contribution in [1.29, 1.82) is 0 Å². The van der Waals surface area contributed by atoms with Crippen LogP contribution in [0.3, 0.4) is 0 Å². The number of nitrogens with one attached hydrogen (secondary N) is 1. The third-order valence-corrected chi connectivity index (χ3v) is 7.69. The molecular weight excluding hydrogens is 476 g/mol. The minimum Gasteiger partial charge on any atom is -0.496 e. The van der Waals surface area contributed by atoms with E-state index in [0.29, 0.717) is 10.8 Å². The van der Waals surface area contributed by atoms with Gasteiger partial charge in [-0.05, 0) is 50.2 Å². The van der Waals surface area contributed by atoms with Crippen LogP contribution in [0.2, 0.25) is 5.02 Å². The Morgan fingerprint density at radius 2 is 1.85 bits per heavy atom. The highest BCUT2D eigenvalue weighted by molar-refractivity contribution is 7.92. The van der Waals surface area contributed by atoms with Gasteiger partial charge in [-0.25, -0.2) is 8.42 Å². The number of amides is 1. The zero-order valence-corrected chi connectivity index (χ0v) is 20.6. The summed E-state index contributed by atoms with van der Waals surface area (Å²) in [6.07, 6.45) is -1.06. The summed E-state index contributed by atoms with van der Waals surface area (Å²) in [6.45, 7) is 3.50. The van der Waals surface area contributed by atoms with Crippen LogP contribution >= 0.6 is 11.6 Å². The molecule has 2 atom stereocenters. The van der Waals surface area contributed by atoms with E-state index in [4.69, 9.17) is 21.1 Å². The maximum absolute atomic E-state index is 13.5. The van der Waals surface area contributed by atoms with Gasteiger partial charge >= 0.3 is 0 Å². The van der Waals surface area contributed by atoms with Crippen LogP contribution in [-0.4, -0.2) is 34.1 Å². The topological polar surface area (TPSA) is 84.9 Å². The molecule has 0 bridgehead atoms. The number of sulfonamides is 1. The molecule has 9 heteroatoms. The maximum atomic E-state index is 13.5. The number of para-hydroxylation sites is 1. The summed E-state index contributed by atoms with van der Waals surface area (Å²) >= 11 is 6.15. The first kappa shape index (κ1) is 23.9. The quantitative estimate of drug-likeness (QED) is 0.539. The Balaban J connectivity index is 1.65. The molecule has 3 aromatic carbocycles. The van der Waals surface area contributed by atoms with E-state index in [-0.39, 0.29) is 28.9 Å². The van der Waals surface area contributed by atoms with Crippen LogP contribution in [-0.2, 0) is 14.8 Å². The molecule has 1 N–H and O–H groups in total. The summed E-state index contributed by atoms with van der Waals surface area (Å²) in [5.74, 6) is 0.461. The molecule has 7 nitrogen and oxygen atoms in total. The van der Waals surface area contributed by atoms with E-state index in [9.17, 15) is 13.2 Å². The molecule has 0 radical (unpaired) electrons. The van der Waals surface area contributed by atoms with Crippen molar-refractivity contribution in [3.63, 3.8) is 0 Å². The van der Waals surface area contributed by atoms with Gasteiger partial charge in [-0.1, -0.05) is 47.5 Å². The zero-order chi connectivity index (χ0) is 24.5.